The number of benzene rings is 1. The van der Waals surface area contributed by atoms with Gasteiger partial charge in [0.2, 0.25) is 11.8 Å². The number of aryl methyl sites for hydroxylation is 1. The van der Waals surface area contributed by atoms with Gasteiger partial charge in [0.1, 0.15) is 17.9 Å². The highest BCUT2D eigenvalue weighted by atomic mass is 16.3. The van der Waals surface area contributed by atoms with Crippen LogP contribution in [-0.4, -0.2) is 30.4 Å². The summed E-state index contributed by atoms with van der Waals surface area (Å²) in [5, 5.41) is 1.13. The smallest absolute Gasteiger partial charge is 0.237 e. The van der Waals surface area contributed by atoms with Crippen LogP contribution in [0, 0.1) is 11.8 Å². The van der Waals surface area contributed by atoms with Crippen LogP contribution in [-0.2, 0) is 22.6 Å². The molecule has 2 aliphatic rings. The molecule has 3 atom stereocenters. The number of hydrogen-bond donors (Lipinski definition) is 1. The van der Waals surface area contributed by atoms with Crippen LogP contribution in [0.1, 0.15) is 31.1 Å². The first-order valence-electron chi connectivity index (χ1n) is 9.41. The Kier molecular flexibility index (Phi) is 4.41. The lowest BCUT2D eigenvalue weighted by molar-refractivity contribution is -0.901. The van der Waals surface area contributed by atoms with Gasteiger partial charge in [-0.05, 0) is 18.9 Å². The minimum Gasteiger partial charge on any atom is -0.461 e. The number of likely N-dealkylation sites (tertiary alicyclic amines) is 1. The number of nitrogens with zero attached hydrogens (tertiary/aromatic N) is 1. The molecule has 136 valence electrons. The quantitative estimate of drug-likeness (QED) is 0.660. The van der Waals surface area contributed by atoms with Gasteiger partial charge in [0.05, 0.1) is 24.4 Å². The van der Waals surface area contributed by atoms with Crippen LogP contribution in [0.2, 0.25) is 0 Å². The molecule has 1 fully saturated rings. The molecule has 1 aromatic heterocycles. The molecule has 0 saturated carbocycles. The summed E-state index contributed by atoms with van der Waals surface area (Å²) in [5.41, 5.74) is 2.08. The molecule has 1 saturated heterocycles. The van der Waals surface area contributed by atoms with Crippen molar-refractivity contribution in [3.05, 3.63) is 47.7 Å². The molecule has 2 heterocycles. The number of hydrogen-bond acceptors (Lipinski definition) is 3. The van der Waals surface area contributed by atoms with Crippen LogP contribution in [0.25, 0.3) is 11.0 Å². The molecule has 1 N–H and O–H groups in total. The van der Waals surface area contributed by atoms with E-state index in [1.54, 1.807) is 0 Å². The molecule has 0 bridgehead atoms. The normalized spacial score (nSPS) is 23.7. The Balaban J connectivity index is 1.52. The monoisotopic (exact) mass is 353 g/mol. The number of carbonyl (C=O) groups excluding carboxylic acids is 2. The van der Waals surface area contributed by atoms with Gasteiger partial charge in [0.15, 0.2) is 6.67 Å². The highest BCUT2D eigenvalue weighted by Gasteiger charge is 2.48. The van der Waals surface area contributed by atoms with Crippen LogP contribution in [0.4, 0.5) is 0 Å². The minimum atomic E-state index is -0.152. The molecule has 1 aromatic carbocycles. The third-order valence-corrected chi connectivity index (χ3v) is 5.61. The lowest BCUT2D eigenvalue weighted by Crippen LogP contribution is -3.09. The molecule has 0 radical (unpaired) electrons. The standard InChI is InChI=1S/C21H24N2O3/c1-3-18-17(14-8-6-7-11-19(14)26-18)12-22(2)13-23-20(24)15-9-4-5-10-16(15)21(23)25/h4-8,11,15-16H,3,9-10,12-13H2,1-2H3/p+1/t15-,16+. The molecule has 2 amide bonds. The topological polar surface area (TPSA) is 55.0 Å². The average Bonchev–Trinajstić information content (AvgIpc) is 3.13. The van der Waals surface area contributed by atoms with E-state index < -0.39 is 0 Å². The fourth-order valence-electron chi connectivity index (χ4n) is 4.28. The maximum absolute atomic E-state index is 12.7. The van der Waals surface area contributed by atoms with Gasteiger partial charge in [-0.1, -0.05) is 37.3 Å². The van der Waals surface area contributed by atoms with Crippen molar-refractivity contribution in [2.75, 3.05) is 13.7 Å². The molecule has 1 unspecified atom stereocenters. The number of rotatable bonds is 5. The number of fused-ring (bicyclic) bond motifs is 2. The van der Waals surface area contributed by atoms with Gasteiger partial charge in [-0.15, -0.1) is 0 Å². The summed E-state index contributed by atoms with van der Waals surface area (Å²) in [6.07, 6.45) is 6.26. The van der Waals surface area contributed by atoms with E-state index in [0.717, 1.165) is 34.6 Å². The maximum atomic E-state index is 12.7. The Hall–Kier alpha value is -2.40. The molecule has 4 rings (SSSR count). The largest absolute Gasteiger partial charge is 0.461 e. The summed E-state index contributed by atoms with van der Waals surface area (Å²) >= 11 is 0. The first kappa shape index (κ1) is 17.0. The third-order valence-electron chi connectivity index (χ3n) is 5.61. The van der Waals surface area contributed by atoms with Crippen LogP contribution in [0.15, 0.2) is 40.8 Å². The van der Waals surface area contributed by atoms with E-state index in [-0.39, 0.29) is 23.7 Å². The first-order valence-corrected chi connectivity index (χ1v) is 9.41. The van der Waals surface area contributed by atoms with Gasteiger partial charge in [-0.3, -0.25) is 9.59 Å². The van der Waals surface area contributed by atoms with E-state index in [2.05, 4.69) is 13.0 Å². The van der Waals surface area contributed by atoms with Crippen LogP contribution in [0.3, 0.4) is 0 Å². The second-order valence-corrected chi connectivity index (χ2v) is 7.41. The van der Waals surface area contributed by atoms with Gasteiger partial charge >= 0.3 is 0 Å². The number of furan rings is 1. The Labute approximate surface area is 153 Å². The number of imide groups is 1. The molecular weight excluding hydrogens is 328 g/mol. The van der Waals surface area contributed by atoms with Crippen molar-refractivity contribution in [3.63, 3.8) is 0 Å². The number of nitrogens with one attached hydrogen (secondary N) is 1. The minimum absolute atomic E-state index is 0.00327. The van der Waals surface area contributed by atoms with Gasteiger partial charge in [0, 0.05) is 11.8 Å². The summed E-state index contributed by atoms with van der Waals surface area (Å²) in [6, 6.07) is 8.05. The van der Waals surface area contributed by atoms with Crippen molar-refractivity contribution < 1.29 is 18.9 Å². The van der Waals surface area contributed by atoms with Crippen molar-refractivity contribution in [3.8, 4) is 0 Å². The van der Waals surface area contributed by atoms with E-state index >= 15 is 0 Å². The predicted molar refractivity (Wildman–Crippen MR) is 98.3 cm³/mol. The van der Waals surface area contributed by atoms with E-state index in [9.17, 15) is 9.59 Å². The van der Waals surface area contributed by atoms with Gasteiger partial charge in [-0.2, -0.15) is 0 Å². The Morgan fingerprint density at radius 1 is 1.12 bits per heavy atom. The Bertz CT molecular complexity index is 857. The molecule has 5 nitrogen and oxygen atoms in total. The Morgan fingerprint density at radius 2 is 1.77 bits per heavy atom. The zero-order valence-corrected chi connectivity index (χ0v) is 15.3. The first-order chi connectivity index (χ1) is 12.6. The Morgan fingerprint density at radius 3 is 2.42 bits per heavy atom. The van der Waals surface area contributed by atoms with E-state index in [4.69, 9.17) is 4.42 Å². The third kappa shape index (κ3) is 2.76. The number of allylic oxidation sites excluding steroid dienone is 2. The molecule has 1 aliphatic carbocycles. The van der Waals surface area contributed by atoms with E-state index in [0.29, 0.717) is 19.5 Å². The van der Waals surface area contributed by atoms with Crippen molar-refractivity contribution in [2.45, 2.75) is 32.7 Å². The van der Waals surface area contributed by atoms with E-state index in [1.165, 1.54) is 10.5 Å². The summed E-state index contributed by atoms with van der Waals surface area (Å²) < 4.78 is 5.97. The zero-order valence-electron chi connectivity index (χ0n) is 15.3. The predicted octanol–water partition coefficient (Wildman–Crippen LogP) is 1.92. The SMILES string of the molecule is CCc1oc2ccccc2c1C[NH+](C)CN1C(=O)[C@H]2CC=CC[C@H]2C1=O. The lowest BCUT2D eigenvalue weighted by atomic mass is 9.85. The zero-order chi connectivity index (χ0) is 18.3. The van der Waals surface area contributed by atoms with Crippen molar-refractivity contribution in [2.24, 2.45) is 11.8 Å². The summed E-state index contributed by atoms with van der Waals surface area (Å²) in [6.45, 7) is 3.22. The fraction of sp³-hybridized carbons (Fsp3) is 0.429. The van der Waals surface area contributed by atoms with Crippen LogP contribution >= 0.6 is 0 Å². The summed E-state index contributed by atoms with van der Waals surface area (Å²) in [5.74, 6) is 0.679. The highest BCUT2D eigenvalue weighted by Crippen LogP contribution is 2.34. The van der Waals surface area contributed by atoms with Crippen molar-refractivity contribution >= 4 is 22.8 Å². The van der Waals surface area contributed by atoms with Gasteiger partial charge in [-0.25, -0.2) is 4.90 Å². The highest BCUT2D eigenvalue weighted by molar-refractivity contribution is 6.05. The lowest BCUT2D eigenvalue weighted by Gasteiger charge is -2.20. The van der Waals surface area contributed by atoms with Crippen molar-refractivity contribution in [1.29, 1.82) is 0 Å². The number of quaternary nitrogens is 1. The molecule has 0 spiro atoms. The maximum Gasteiger partial charge on any atom is 0.237 e. The number of para-hydroxylation sites is 1. The van der Waals surface area contributed by atoms with E-state index in [1.807, 2.05) is 37.4 Å². The number of amides is 2. The van der Waals surface area contributed by atoms with Crippen LogP contribution in [0.5, 0.6) is 0 Å². The second kappa shape index (κ2) is 6.72. The average molecular weight is 353 g/mol. The number of carbonyl (C=O) groups is 2. The molecule has 1 aliphatic heterocycles. The molecule has 26 heavy (non-hydrogen) atoms. The van der Waals surface area contributed by atoms with Gasteiger partial charge in [0.25, 0.3) is 0 Å². The molecule has 2 aromatic rings. The van der Waals surface area contributed by atoms with Gasteiger partial charge < -0.3 is 9.32 Å². The summed E-state index contributed by atoms with van der Waals surface area (Å²) in [4.78, 5) is 27.9. The fourth-order valence-corrected chi connectivity index (χ4v) is 4.28. The molecular formula is C21H25N2O3+. The summed E-state index contributed by atoms with van der Waals surface area (Å²) in [7, 11) is 2.03. The van der Waals surface area contributed by atoms with Crippen LogP contribution < -0.4 is 4.90 Å². The second-order valence-electron chi connectivity index (χ2n) is 7.41. The van der Waals surface area contributed by atoms with Crippen molar-refractivity contribution in [1.82, 2.24) is 4.90 Å². The molecule has 5 heteroatoms.